The molecule has 0 spiro atoms. The maximum Gasteiger partial charge on any atom is 0.254 e. The Balaban J connectivity index is 2.09. The molecule has 2 N–H and O–H groups in total. The standard InChI is InChI=1S/C17H22N4O/c1-5-12(3)20-16(22)14-9-18-17(19-10-14)21-15-8-6-7-11(2)13(15)4/h6-10,12H,5H2,1-4H3,(H,20,22)(H,18,19,21). The fourth-order valence-electron chi connectivity index (χ4n) is 1.93. The quantitative estimate of drug-likeness (QED) is 0.888. The number of hydrogen-bond acceptors (Lipinski definition) is 4. The van der Waals surface area contributed by atoms with Crippen LogP contribution in [0.3, 0.4) is 0 Å². The van der Waals surface area contributed by atoms with Crippen molar-refractivity contribution in [3.05, 3.63) is 47.3 Å². The summed E-state index contributed by atoms with van der Waals surface area (Å²) in [6, 6.07) is 6.16. The number of rotatable bonds is 5. The molecule has 0 saturated carbocycles. The van der Waals surface area contributed by atoms with Crippen LogP contribution in [-0.2, 0) is 0 Å². The topological polar surface area (TPSA) is 66.9 Å². The molecule has 0 aliphatic carbocycles. The van der Waals surface area contributed by atoms with E-state index in [1.165, 1.54) is 18.0 Å². The number of nitrogens with one attached hydrogen (secondary N) is 2. The van der Waals surface area contributed by atoms with E-state index in [1.54, 1.807) is 0 Å². The highest BCUT2D eigenvalue weighted by Crippen LogP contribution is 2.20. The number of benzene rings is 1. The van der Waals surface area contributed by atoms with Crippen LogP contribution < -0.4 is 10.6 Å². The third-order valence-corrected chi connectivity index (χ3v) is 3.75. The monoisotopic (exact) mass is 298 g/mol. The van der Waals surface area contributed by atoms with Gasteiger partial charge in [0.2, 0.25) is 5.95 Å². The molecule has 1 aromatic heterocycles. The van der Waals surface area contributed by atoms with Gasteiger partial charge >= 0.3 is 0 Å². The minimum atomic E-state index is -0.146. The molecule has 1 amide bonds. The van der Waals surface area contributed by atoms with Crippen LogP contribution in [0.2, 0.25) is 0 Å². The molecule has 1 aromatic carbocycles. The van der Waals surface area contributed by atoms with E-state index in [2.05, 4.69) is 33.6 Å². The molecule has 2 aromatic rings. The Kier molecular flexibility index (Phi) is 5.09. The number of carbonyl (C=O) groups excluding carboxylic acids is 1. The van der Waals surface area contributed by atoms with E-state index >= 15 is 0 Å². The molecular weight excluding hydrogens is 276 g/mol. The minimum absolute atomic E-state index is 0.139. The lowest BCUT2D eigenvalue weighted by Crippen LogP contribution is -2.32. The summed E-state index contributed by atoms with van der Waals surface area (Å²) in [5.41, 5.74) is 3.79. The van der Waals surface area contributed by atoms with Crippen molar-refractivity contribution >= 4 is 17.5 Å². The van der Waals surface area contributed by atoms with Crippen LogP contribution in [-0.4, -0.2) is 21.9 Å². The molecule has 116 valence electrons. The van der Waals surface area contributed by atoms with Gasteiger partial charge in [0.05, 0.1) is 5.56 Å². The summed E-state index contributed by atoms with van der Waals surface area (Å²) in [5.74, 6) is 0.335. The summed E-state index contributed by atoms with van der Waals surface area (Å²) in [6.45, 7) is 8.10. The third kappa shape index (κ3) is 3.81. The lowest BCUT2D eigenvalue weighted by Gasteiger charge is -2.12. The fraction of sp³-hybridized carbons (Fsp3) is 0.353. The zero-order chi connectivity index (χ0) is 16.1. The van der Waals surface area contributed by atoms with Gasteiger partial charge in [-0.2, -0.15) is 0 Å². The van der Waals surface area contributed by atoms with Gasteiger partial charge in [-0.1, -0.05) is 19.1 Å². The molecule has 1 unspecified atom stereocenters. The molecule has 5 nitrogen and oxygen atoms in total. The second-order valence-electron chi connectivity index (χ2n) is 5.45. The van der Waals surface area contributed by atoms with Crippen LogP contribution >= 0.6 is 0 Å². The first-order valence-corrected chi connectivity index (χ1v) is 7.47. The number of carbonyl (C=O) groups is 1. The molecule has 22 heavy (non-hydrogen) atoms. The summed E-state index contributed by atoms with van der Waals surface area (Å²) in [7, 11) is 0. The van der Waals surface area contributed by atoms with Gasteiger partial charge in [0.15, 0.2) is 0 Å². The van der Waals surface area contributed by atoms with Crippen LogP contribution in [0.15, 0.2) is 30.6 Å². The number of anilines is 2. The van der Waals surface area contributed by atoms with E-state index in [1.807, 2.05) is 32.9 Å². The van der Waals surface area contributed by atoms with Crippen molar-refractivity contribution in [1.82, 2.24) is 15.3 Å². The van der Waals surface area contributed by atoms with E-state index in [-0.39, 0.29) is 11.9 Å². The van der Waals surface area contributed by atoms with Gasteiger partial charge in [-0.3, -0.25) is 4.79 Å². The average molecular weight is 298 g/mol. The van der Waals surface area contributed by atoms with Gasteiger partial charge in [0.1, 0.15) is 0 Å². The molecule has 1 atom stereocenters. The van der Waals surface area contributed by atoms with Gasteiger partial charge in [-0.05, 0) is 44.4 Å². The number of amides is 1. The molecule has 0 fully saturated rings. The van der Waals surface area contributed by atoms with Crippen LogP contribution in [0, 0.1) is 13.8 Å². The van der Waals surface area contributed by atoms with E-state index in [4.69, 9.17) is 0 Å². The SMILES string of the molecule is CCC(C)NC(=O)c1cnc(Nc2cccc(C)c2C)nc1. The summed E-state index contributed by atoms with van der Waals surface area (Å²) in [4.78, 5) is 20.4. The summed E-state index contributed by atoms with van der Waals surface area (Å²) >= 11 is 0. The first-order valence-electron chi connectivity index (χ1n) is 7.47. The van der Waals surface area contributed by atoms with Gasteiger partial charge in [0, 0.05) is 24.1 Å². The molecule has 0 aliphatic heterocycles. The fourth-order valence-corrected chi connectivity index (χ4v) is 1.93. The molecule has 1 heterocycles. The lowest BCUT2D eigenvalue weighted by molar-refractivity contribution is 0.0938. The first kappa shape index (κ1) is 15.9. The zero-order valence-electron chi connectivity index (χ0n) is 13.5. The number of aryl methyl sites for hydroxylation is 1. The van der Waals surface area contributed by atoms with Crippen molar-refractivity contribution in [1.29, 1.82) is 0 Å². The highest BCUT2D eigenvalue weighted by Gasteiger charge is 2.10. The zero-order valence-corrected chi connectivity index (χ0v) is 13.5. The summed E-state index contributed by atoms with van der Waals surface area (Å²) in [6.07, 6.45) is 3.97. The van der Waals surface area contributed by atoms with Crippen LogP contribution in [0.4, 0.5) is 11.6 Å². The van der Waals surface area contributed by atoms with Crippen LogP contribution in [0.1, 0.15) is 41.8 Å². The smallest absolute Gasteiger partial charge is 0.254 e. The van der Waals surface area contributed by atoms with Crippen molar-refractivity contribution in [2.45, 2.75) is 40.2 Å². The highest BCUT2D eigenvalue weighted by atomic mass is 16.1. The van der Waals surface area contributed by atoms with Gasteiger partial charge in [-0.15, -0.1) is 0 Å². The minimum Gasteiger partial charge on any atom is -0.350 e. The van der Waals surface area contributed by atoms with Gasteiger partial charge < -0.3 is 10.6 Å². The van der Waals surface area contributed by atoms with E-state index in [9.17, 15) is 4.79 Å². The number of nitrogens with zero attached hydrogens (tertiary/aromatic N) is 2. The molecule has 0 aliphatic rings. The molecule has 2 rings (SSSR count). The third-order valence-electron chi connectivity index (χ3n) is 3.75. The Morgan fingerprint density at radius 3 is 2.55 bits per heavy atom. The van der Waals surface area contributed by atoms with Crippen molar-refractivity contribution in [2.24, 2.45) is 0 Å². The predicted octanol–water partition coefficient (Wildman–Crippen LogP) is 3.37. The van der Waals surface area contributed by atoms with Gasteiger partial charge in [-0.25, -0.2) is 9.97 Å². The largest absolute Gasteiger partial charge is 0.350 e. The van der Waals surface area contributed by atoms with Crippen molar-refractivity contribution in [3.63, 3.8) is 0 Å². The maximum atomic E-state index is 12.0. The molecule has 5 heteroatoms. The molecule has 0 radical (unpaired) electrons. The normalized spacial score (nSPS) is 11.8. The van der Waals surface area contributed by atoms with Crippen molar-refractivity contribution in [3.8, 4) is 0 Å². The predicted molar refractivity (Wildman–Crippen MR) is 88.4 cm³/mol. The van der Waals surface area contributed by atoms with E-state index < -0.39 is 0 Å². The van der Waals surface area contributed by atoms with Crippen molar-refractivity contribution < 1.29 is 4.79 Å². The summed E-state index contributed by atoms with van der Waals surface area (Å²) < 4.78 is 0. The van der Waals surface area contributed by atoms with E-state index in [0.29, 0.717) is 11.5 Å². The first-order chi connectivity index (χ1) is 10.5. The highest BCUT2D eigenvalue weighted by molar-refractivity contribution is 5.93. The van der Waals surface area contributed by atoms with Gasteiger partial charge in [0.25, 0.3) is 5.91 Å². The lowest BCUT2D eigenvalue weighted by atomic mass is 10.1. The molecule has 0 bridgehead atoms. The van der Waals surface area contributed by atoms with Crippen LogP contribution in [0.5, 0.6) is 0 Å². The Morgan fingerprint density at radius 1 is 1.23 bits per heavy atom. The Hall–Kier alpha value is -2.43. The molecular formula is C17H22N4O. The number of aromatic nitrogens is 2. The van der Waals surface area contributed by atoms with E-state index in [0.717, 1.165) is 17.7 Å². The molecule has 0 saturated heterocycles. The van der Waals surface area contributed by atoms with Crippen molar-refractivity contribution in [2.75, 3.05) is 5.32 Å². The van der Waals surface area contributed by atoms with Crippen LogP contribution in [0.25, 0.3) is 0 Å². The second kappa shape index (κ2) is 7.02. The number of hydrogen-bond donors (Lipinski definition) is 2. The Bertz CT molecular complexity index is 652. The average Bonchev–Trinajstić information content (AvgIpc) is 2.52. The Morgan fingerprint density at radius 2 is 1.91 bits per heavy atom. The Labute approximate surface area is 131 Å². The maximum absolute atomic E-state index is 12.0. The summed E-state index contributed by atoms with van der Waals surface area (Å²) in [5, 5.41) is 6.07. The second-order valence-corrected chi connectivity index (χ2v) is 5.45.